The fraction of sp³-hybridized carbons (Fsp3) is 1.00. The van der Waals surface area contributed by atoms with Crippen LogP contribution in [0.1, 0.15) is 58.8 Å². The molecule has 2 rings (SSSR count). The molecule has 0 radical (unpaired) electrons. The van der Waals surface area contributed by atoms with Crippen molar-refractivity contribution in [1.29, 1.82) is 0 Å². The summed E-state index contributed by atoms with van der Waals surface area (Å²) in [7, 11) is 0. The van der Waals surface area contributed by atoms with Crippen molar-refractivity contribution in [2.45, 2.75) is 69.9 Å². The maximum atomic E-state index is 10.7. The molecule has 2 nitrogen and oxygen atoms in total. The third-order valence-corrected chi connectivity index (χ3v) is 4.41. The molecule has 0 amide bonds. The van der Waals surface area contributed by atoms with Gasteiger partial charge < -0.3 is 10.8 Å². The lowest BCUT2D eigenvalue weighted by atomic mass is 9.75. The van der Waals surface area contributed by atoms with Crippen LogP contribution in [-0.4, -0.2) is 16.2 Å². The fourth-order valence-electron chi connectivity index (χ4n) is 3.41. The first-order valence-electron chi connectivity index (χ1n) is 5.88. The van der Waals surface area contributed by atoms with Gasteiger partial charge in [-0.15, -0.1) is 0 Å². The molecule has 3 N–H and O–H groups in total. The molecule has 0 saturated heterocycles. The highest BCUT2D eigenvalue weighted by Gasteiger charge is 2.54. The Labute approximate surface area is 86.9 Å². The largest absolute Gasteiger partial charge is 0.388 e. The van der Waals surface area contributed by atoms with E-state index in [9.17, 15) is 5.11 Å². The number of hydrogen-bond acceptors (Lipinski definition) is 2. The summed E-state index contributed by atoms with van der Waals surface area (Å²) in [6.07, 6.45) is 7.31. The average molecular weight is 197 g/mol. The summed E-state index contributed by atoms with van der Waals surface area (Å²) >= 11 is 0. The normalized spacial score (nSPS) is 40.3. The number of aliphatic hydroxyl groups is 1. The molecule has 82 valence electrons. The predicted molar refractivity (Wildman–Crippen MR) is 58.0 cm³/mol. The van der Waals surface area contributed by atoms with Gasteiger partial charge in [-0.1, -0.05) is 26.7 Å². The molecule has 14 heavy (non-hydrogen) atoms. The average Bonchev–Trinajstić information content (AvgIpc) is 2.59. The van der Waals surface area contributed by atoms with Crippen molar-refractivity contribution in [3.63, 3.8) is 0 Å². The quantitative estimate of drug-likeness (QED) is 0.677. The molecule has 0 bridgehead atoms. The van der Waals surface area contributed by atoms with Gasteiger partial charge in [0.2, 0.25) is 0 Å². The summed E-state index contributed by atoms with van der Waals surface area (Å²) in [6.45, 7) is 4.48. The summed E-state index contributed by atoms with van der Waals surface area (Å²) in [5.74, 6) is 0. The van der Waals surface area contributed by atoms with Crippen molar-refractivity contribution in [2.75, 3.05) is 0 Å². The van der Waals surface area contributed by atoms with Crippen LogP contribution in [0.5, 0.6) is 0 Å². The summed E-state index contributed by atoms with van der Waals surface area (Å²) in [6, 6.07) is 0. The van der Waals surface area contributed by atoms with Crippen molar-refractivity contribution >= 4 is 0 Å². The van der Waals surface area contributed by atoms with Crippen molar-refractivity contribution < 1.29 is 5.11 Å². The molecule has 2 heteroatoms. The molecule has 2 aliphatic rings. The summed E-state index contributed by atoms with van der Waals surface area (Å²) in [5.41, 5.74) is 5.80. The zero-order chi connectivity index (χ0) is 10.4. The van der Waals surface area contributed by atoms with Gasteiger partial charge in [-0.25, -0.2) is 0 Å². The zero-order valence-electron chi connectivity index (χ0n) is 9.47. The van der Waals surface area contributed by atoms with E-state index < -0.39 is 5.60 Å². The molecule has 0 spiro atoms. The fourth-order valence-corrected chi connectivity index (χ4v) is 3.41. The van der Waals surface area contributed by atoms with Crippen LogP contribution in [0.2, 0.25) is 0 Å². The van der Waals surface area contributed by atoms with E-state index in [4.69, 9.17) is 5.73 Å². The van der Waals surface area contributed by atoms with Gasteiger partial charge in [-0.05, 0) is 37.5 Å². The van der Waals surface area contributed by atoms with E-state index in [1.807, 2.05) is 0 Å². The third-order valence-electron chi connectivity index (χ3n) is 4.41. The molecular formula is C12H23NO. The first kappa shape index (κ1) is 10.4. The van der Waals surface area contributed by atoms with Crippen molar-refractivity contribution in [1.82, 2.24) is 0 Å². The Kier molecular flexibility index (Phi) is 2.20. The zero-order valence-corrected chi connectivity index (χ0v) is 9.47. The van der Waals surface area contributed by atoms with Crippen molar-refractivity contribution in [3.8, 4) is 0 Å². The summed E-state index contributed by atoms with van der Waals surface area (Å²) in [5, 5.41) is 10.7. The Hall–Kier alpha value is -0.0800. The highest BCUT2D eigenvalue weighted by atomic mass is 16.3. The molecule has 0 aliphatic heterocycles. The van der Waals surface area contributed by atoms with Crippen LogP contribution in [0.3, 0.4) is 0 Å². The molecule has 0 heterocycles. The molecule has 1 unspecified atom stereocenters. The number of hydrogen-bond donors (Lipinski definition) is 2. The van der Waals surface area contributed by atoms with Gasteiger partial charge in [0.1, 0.15) is 0 Å². The highest BCUT2D eigenvalue weighted by Crippen LogP contribution is 2.51. The van der Waals surface area contributed by atoms with Crippen LogP contribution in [0.25, 0.3) is 0 Å². The maximum absolute atomic E-state index is 10.7. The maximum Gasteiger partial charge on any atom is 0.0831 e. The molecular weight excluding hydrogens is 174 g/mol. The monoisotopic (exact) mass is 197 g/mol. The second-order valence-electron chi connectivity index (χ2n) is 6.24. The van der Waals surface area contributed by atoms with Gasteiger partial charge in [0.15, 0.2) is 0 Å². The molecule has 2 saturated carbocycles. The van der Waals surface area contributed by atoms with Gasteiger partial charge in [0.05, 0.1) is 5.60 Å². The summed E-state index contributed by atoms with van der Waals surface area (Å²) in [4.78, 5) is 0. The van der Waals surface area contributed by atoms with Crippen LogP contribution in [0.4, 0.5) is 0 Å². The Bertz CT molecular complexity index is 230. The second-order valence-corrected chi connectivity index (χ2v) is 6.24. The van der Waals surface area contributed by atoms with E-state index in [-0.39, 0.29) is 11.0 Å². The van der Waals surface area contributed by atoms with Crippen molar-refractivity contribution in [2.24, 2.45) is 11.1 Å². The standard InChI is InChI=1S/C12H23NO/c1-10(2)7-8-12(14,9-10)11(13)5-3-4-6-11/h14H,3-9,13H2,1-2H3. The first-order chi connectivity index (χ1) is 6.37. The van der Waals surface area contributed by atoms with E-state index >= 15 is 0 Å². The lowest BCUT2D eigenvalue weighted by Crippen LogP contribution is -2.57. The van der Waals surface area contributed by atoms with Gasteiger partial charge in [-0.3, -0.25) is 0 Å². The minimum Gasteiger partial charge on any atom is -0.388 e. The van der Waals surface area contributed by atoms with Gasteiger partial charge in [-0.2, -0.15) is 0 Å². The van der Waals surface area contributed by atoms with Gasteiger partial charge in [0, 0.05) is 5.54 Å². The molecule has 2 aliphatic carbocycles. The number of nitrogens with two attached hydrogens (primary N) is 1. The summed E-state index contributed by atoms with van der Waals surface area (Å²) < 4.78 is 0. The Morgan fingerprint density at radius 2 is 1.57 bits per heavy atom. The van der Waals surface area contributed by atoms with Gasteiger partial charge in [0.25, 0.3) is 0 Å². The van der Waals surface area contributed by atoms with E-state index in [1.54, 1.807) is 0 Å². The lowest BCUT2D eigenvalue weighted by Gasteiger charge is -2.40. The van der Waals surface area contributed by atoms with Crippen LogP contribution in [0, 0.1) is 5.41 Å². The Morgan fingerprint density at radius 3 is 2.00 bits per heavy atom. The van der Waals surface area contributed by atoms with Crippen molar-refractivity contribution in [3.05, 3.63) is 0 Å². The first-order valence-corrected chi connectivity index (χ1v) is 5.88. The van der Waals surface area contributed by atoms with E-state index in [0.717, 1.165) is 32.1 Å². The Balaban J connectivity index is 2.17. The number of rotatable bonds is 1. The van der Waals surface area contributed by atoms with E-state index in [2.05, 4.69) is 13.8 Å². The smallest absolute Gasteiger partial charge is 0.0831 e. The van der Waals surface area contributed by atoms with E-state index in [0.29, 0.717) is 0 Å². The lowest BCUT2D eigenvalue weighted by molar-refractivity contribution is -0.0352. The second kappa shape index (κ2) is 2.96. The molecule has 0 aromatic rings. The molecule has 1 atom stereocenters. The minimum absolute atomic E-state index is 0.277. The third kappa shape index (κ3) is 1.49. The van der Waals surface area contributed by atoms with E-state index in [1.165, 1.54) is 12.8 Å². The van der Waals surface area contributed by atoms with Crippen LogP contribution in [0.15, 0.2) is 0 Å². The molecule has 2 fully saturated rings. The van der Waals surface area contributed by atoms with Gasteiger partial charge >= 0.3 is 0 Å². The van der Waals surface area contributed by atoms with Crippen LogP contribution in [-0.2, 0) is 0 Å². The van der Waals surface area contributed by atoms with Crippen LogP contribution >= 0.6 is 0 Å². The molecule has 0 aromatic heterocycles. The molecule has 0 aromatic carbocycles. The van der Waals surface area contributed by atoms with Crippen LogP contribution < -0.4 is 5.73 Å². The SMILES string of the molecule is CC1(C)CCC(O)(C2(N)CCCC2)C1. The minimum atomic E-state index is -0.576. The topological polar surface area (TPSA) is 46.2 Å². The Morgan fingerprint density at radius 1 is 1.00 bits per heavy atom. The highest BCUT2D eigenvalue weighted by molar-refractivity contribution is 5.11. The predicted octanol–water partition coefficient (Wildman–Crippen LogP) is 2.20.